The van der Waals surface area contributed by atoms with Gasteiger partial charge in [-0.05, 0) is 60.8 Å². The van der Waals surface area contributed by atoms with Gasteiger partial charge in [0, 0.05) is 24.1 Å². The summed E-state index contributed by atoms with van der Waals surface area (Å²) in [6.45, 7) is 4.00. The SMILES string of the molecule is CC1(C)CC=C(c2cc(C3(O)C[C@]4(CO)CC[C@@](CO)(C3)O4)ccc2NC(=O)c2ncc(C#N)[nH]2)CC1. The highest BCUT2D eigenvalue weighted by atomic mass is 16.6. The maximum absolute atomic E-state index is 12.9. The van der Waals surface area contributed by atoms with Crippen LogP contribution in [-0.2, 0) is 10.3 Å². The number of hydrogen-bond donors (Lipinski definition) is 5. The predicted octanol–water partition coefficient (Wildman–Crippen LogP) is 3.38. The number of fused-ring (bicyclic) bond motifs is 2. The Balaban J connectivity index is 1.53. The Morgan fingerprint density at radius 1 is 1.19 bits per heavy atom. The van der Waals surface area contributed by atoms with E-state index in [1.165, 1.54) is 6.20 Å². The van der Waals surface area contributed by atoms with Gasteiger partial charge in [0.25, 0.3) is 5.91 Å². The molecule has 0 unspecified atom stereocenters. The highest BCUT2D eigenvalue weighted by Gasteiger charge is 2.60. The fourth-order valence-corrected chi connectivity index (χ4v) is 6.14. The summed E-state index contributed by atoms with van der Waals surface area (Å²) >= 11 is 0. The molecule has 9 nitrogen and oxygen atoms in total. The average Bonchev–Trinajstić information content (AvgIpc) is 3.48. The second kappa shape index (κ2) is 9.07. The van der Waals surface area contributed by atoms with Crippen LogP contribution in [0.3, 0.4) is 0 Å². The summed E-state index contributed by atoms with van der Waals surface area (Å²) in [5, 5.41) is 44.2. The Labute approximate surface area is 216 Å². The molecule has 0 saturated carbocycles. The summed E-state index contributed by atoms with van der Waals surface area (Å²) in [4.78, 5) is 19.6. The first kappa shape index (κ1) is 25.6. The number of allylic oxidation sites excluding steroid dienone is 2. The van der Waals surface area contributed by atoms with Crippen LogP contribution in [-0.4, -0.2) is 55.6 Å². The van der Waals surface area contributed by atoms with Crippen molar-refractivity contribution in [3.63, 3.8) is 0 Å². The molecule has 2 bridgehead atoms. The van der Waals surface area contributed by atoms with Crippen molar-refractivity contribution in [1.82, 2.24) is 9.97 Å². The maximum Gasteiger partial charge on any atom is 0.291 e. The Morgan fingerprint density at radius 2 is 1.89 bits per heavy atom. The number of aliphatic hydroxyl groups is 3. The molecule has 5 rings (SSSR count). The van der Waals surface area contributed by atoms with E-state index < -0.39 is 22.7 Å². The van der Waals surface area contributed by atoms with Gasteiger partial charge >= 0.3 is 0 Å². The first-order valence-electron chi connectivity index (χ1n) is 12.8. The standard InChI is InChI=1S/C28H34N4O5/c1-25(2)7-5-18(6-8-25)21-11-19(3-4-22(21)32-24(35)23-30-13-20(12-29)31-23)28(36)14-26(16-33)9-10-27(15-28,17-34)37-26/h3-5,11,13,33-34,36H,6-10,14-17H2,1-2H3,(H,30,31)(H,32,35)/t26-,27-/m0/s1. The number of hydrogen-bond acceptors (Lipinski definition) is 7. The van der Waals surface area contributed by atoms with E-state index in [2.05, 4.69) is 35.2 Å². The predicted molar refractivity (Wildman–Crippen MR) is 136 cm³/mol. The molecule has 1 amide bonds. The van der Waals surface area contributed by atoms with Crippen molar-refractivity contribution in [2.75, 3.05) is 18.5 Å². The van der Waals surface area contributed by atoms with Crippen molar-refractivity contribution < 1.29 is 24.9 Å². The molecular formula is C28H34N4O5. The number of anilines is 1. The lowest BCUT2D eigenvalue weighted by Gasteiger charge is -2.47. The first-order chi connectivity index (χ1) is 17.5. The summed E-state index contributed by atoms with van der Waals surface area (Å²) < 4.78 is 6.13. The zero-order valence-corrected chi connectivity index (χ0v) is 21.3. The number of aromatic nitrogens is 2. The van der Waals surface area contributed by atoms with E-state index in [0.717, 1.165) is 30.4 Å². The van der Waals surface area contributed by atoms with Crippen LogP contribution >= 0.6 is 0 Å². The lowest BCUT2D eigenvalue weighted by atomic mass is 9.74. The van der Waals surface area contributed by atoms with E-state index in [9.17, 15) is 20.1 Å². The molecule has 1 aromatic heterocycles. The van der Waals surface area contributed by atoms with Gasteiger partial charge in [-0.25, -0.2) is 4.98 Å². The molecule has 2 aromatic rings. The third-order valence-corrected chi connectivity index (χ3v) is 8.31. The molecule has 0 radical (unpaired) electrons. The fourth-order valence-electron chi connectivity index (χ4n) is 6.14. The summed E-state index contributed by atoms with van der Waals surface area (Å²) in [6.07, 6.45) is 7.79. The topological polar surface area (TPSA) is 151 Å². The number of carbonyl (C=O) groups excluding carboxylic acids is 1. The van der Waals surface area contributed by atoms with Gasteiger partial charge < -0.3 is 30.4 Å². The number of aliphatic hydroxyl groups excluding tert-OH is 2. The van der Waals surface area contributed by atoms with Gasteiger partial charge in [-0.15, -0.1) is 0 Å². The van der Waals surface area contributed by atoms with Gasteiger partial charge in [0.05, 0.1) is 36.2 Å². The number of aromatic amines is 1. The van der Waals surface area contributed by atoms with E-state index in [0.29, 0.717) is 24.1 Å². The molecule has 3 aliphatic rings. The summed E-state index contributed by atoms with van der Waals surface area (Å²) in [7, 11) is 0. The molecule has 5 N–H and O–H groups in total. The number of nitrogens with one attached hydrogen (secondary N) is 2. The van der Waals surface area contributed by atoms with Crippen molar-refractivity contribution >= 4 is 17.2 Å². The van der Waals surface area contributed by atoms with Gasteiger partial charge in [0.1, 0.15) is 11.8 Å². The highest BCUT2D eigenvalue weighted by Crippen LogP contribution is 2.55. The average molecular weight is 507 g/mol. The minimum absolute atomic E-state index is 0.0414. The van der Waals surface area contributed by atoms with Crippen LogP contribution in [0.15, 0.2) is 30.5 Å². The van der Waals surface area contributed by atoms with Crippen LogP contribution in [0.25, 0.3) is 5.57 Å². The van der Waals surface area contributed by atoms with Crippen LogP contribution in [0.1, 0.15) is 86.2 Å². The highest BCUT2D eigenvalue weighted by molar-refractivity contribution is 6.03. The van der Waals surface area contributed by atoms with Gasteiger partial charge in [0.2, 0.25) is 0 Å². The monoisotopic (exact) mass is 506 g/mol. The molecule has 1 aliphatic carbocycles. The van der Waals surface area contributed by atoms with Crippen molar-refractivity contribution in [2.45, 2.75) is 75.6 Å². The normalized spacial score (nSPS) is 30.4. The third kappa shape index (κ3) is 4.71. The second-order valence-electron chi connectivity index (χ2n) is 11.7. The van der Waals surface area contributed by atoms with E-state index in [1.54, 1.807) is 12.1 Å². The maximum atomic E-state index is 12.9. The molecule has 2 atom stereocenters. The molecule has 1 aromatic carbocycles. The van der Waals surface area contributed by atoms with Crippen molar-refractivity contribution in [3.05, 3.63) is 53.1 Å². The number of benzene rings is 1. The van der Waals surface area contributed by atoms with Crippen LogP contribution in [0.5, 0.6) is 0 Å². The Hall–Kier alpha value is -3.03. The van der Waals surface area contributed by atoms with Crippen molar-refractivity contribution in [2.24, 2.45) is 5.41 Å². The van der Waals surface area contributed by atoms with E-state index in [1.807, 2.05) is 12.1 Å². The Morgan fingerprint density at radius 3 is 2.46 bits per heavy atom. The van der Waals surface area contributed by atoms with Crippen LogP contribution in [0.4, 0.5) is 5.69 Å². The van der Waals surface area contributed by atoms with Crippen molar-refractivity contribution in [3.8, 4) is 6.07 Å². The summed E-state index contributed by atoms with van der Waals surface area (Å²) in [6, 6.07) is 7.42. The Bertz CT molecular complexity index is 1270. The quantitative estimate of drug-likeness (QED) is 0.403. The molecule has 196 valence electrons. The fraction of sp³-hybridized carbons (Fsp3) is 0.536. The number of nitrogens with zero attached hydrogens (tertiary/aromatic N) is 2. The Kier molecular flexibility index (Phi) is 6.28. The van der Waals surface area contributed by atoms with Crippen LogP contribution < -0.4 is 5.32 Å². The largest absolute Gasteiger partial charge is 0.393 e. The summed E-state index contributed by atoms with van der Waals surface area (Å²) in [5.41, 5.74) is 0.435. The zero-order valence-electron chi connectivity index (χ0n) is 21.3. The molecule has 37 heavy (non-hydrogen) atoms. The lowest BCUT2D eigenvalue weighted by Crippen LogP contribution is -2.54. The van der Waals surface area contributed by atoms with E-state index in [-0.39, 0.29) is 43.0 Å². The molecule has 0 spiro atoms. The van der Waals surface area contributed by atoms with E-state index >= 15 is 0 Å². The smallest absolute Gasteiger partial charge is 0.291 e. The van der Waals surface area contributed by atoms with Gasteiger partial charge in [-0.1, -0.05) is 26.0 Å². The van der Waals surface area contributed by atoms with E-state index in [4.69, 9.17) is 10.00 Å². The molecule has 3 heterocycles. The molecular weight excluding hydrogens is 472 g/mol. The zero-order chi connectivity index (χ0) is 26.5. The second-order valence-corrected chi connectivity index (χ2v) is 11.7. The number of nitriles is 1. The lowest BCUT2D eigenvalue weighted by molar-refractivity contribution is -0.231. The minimum atomic E-state index is -1.31. The van der Waals surface area contributed by atoms with Crippen LogP contribution in [0.2, 0.25) is 0 Å². The van der Waals surface area contributed by atoms with Gasteiger partial charge in [-0.3, -0.25) is 4.79 Å². The number of H-pyrrole nitrogens is 1. The molecule has 2 fully saturated rings. The van der Waals surface area contributed by atoms with Gasteiger partial charge in [0.15, 0.2) is 5.82 Å². The summed E-state index contributed by atoms with van der Waals surface area (Å²) in [5.74, 6) is -0.423. The number of ether oxygens (including phenoxy) is 1. The number of rotatable bonds is 6. The third-order valence-electron chi connectivity index (χ3n) is 8.31. The van der Waals surface area contributed by atoms with Crippen LogP contribution in [0, 0.1) is 16.7 Å². The molecule has 9 heteroatoms. The number of imidazole rings is 1. The molecule has 2 saturated heterocycles. The number of amides is 1. The first-order valence-corrected chi connectivity index (χ1v) is 12.8. The minimum Gasteiger partial charge on any atom is -0.393 e. The van der Waals surface area contributed by atoms with Crippen molar-refractivity contribution in [1.29, 1.82) is 5.26 Å². The van der Waals surface area contributed by atoms with Gasteiger partial charge in [-0.2, -0.15) is 5.26 Å². The number of carbonyl (C=O) groups is 1. The molecule has 2 aliphatic heterocycles.